The van der Waals surface area contributed by atoms with Crippen molar-refractivity contribution in [3.8, 4) is 11.5 Å². The Morgan fingerprint density at radius 3 is 2.44 bits per heavy atom. The molecule has 3 amide bonds. The van der Waals surface area contributed by atoms with Crippen LogP contribution in [-0.4, -0.2) is 59.5 Å². The molecule has 2 N–H and O–H groups in total. The molecule has 34 heavy (non-hydrogen) atoms. The van der Waals surface area contributed by atoms with Crippen LogP contribution in [0.4, 0.5) is 16.4 Å². The molecule has 1 saturated heterocycles. The number of benzene rings is 2. The number of carbonyl (C=O) groups excluding carboxylic acids is 2. The molecule has 176 valence electrons. The van der Waals surface area contributed by atoms with E-state index in [1.165, 1.54) is 0 Å². The van der Waals surface area contributed by atoms with Gasteiger partial charge in [0.15, 0.2) is 5.75 Å². The van der Waals surface area contributed by atoms with E-state index < -0.39 is 6.03 Å². The first-order valence-electron chi connectivity index (χ1n) is 11.0. The van der Waals surface area contributed by atoms with Gasteiger partial charge < -0.3 is 25.2 Å². The molecule has 0 spiro atoms. The van der Waals surface area contributed by atoms with Gasteiger partial charge in [-0.3, -0.25) is 4.79 Å². The van der Waals surface area contributed by atoms with E-state index in [0.29, 0.717) is 54.3 Å². The number of nitrogens with one attached hydrogen (secondary N) is 2. The Morgan fingerprint density at radius 1 is 0.971 bits per heavy atom. The molecule has 1 aromatic heterocycles. The van der Waals surface area contributed by atoms with Gasteiger partial charge >= 0.3 is 6.03 Å². The number of anilines is 2. The van der Waals surface area contributed by atoms with Gasteiger partial charge in [0.2, 0.25) is 11.9 Å². The smallest absolute Gasteiger partial charge is 0.319 e. The van der Waals surface area contributed by atoms with Crippen molar-refractivity contribution in [1.82, 2.24) is 20.2 Å². The highest BCUT2D eigenvalue weighted by Crippen LogP contribution is 2.31. The molecule has 1 aliphatic rings. The summed E-state index contributed by atoms with van der Waals surface area (Å²) < 4.78 is 5.85. The van der Waals surface area contributed by atoms with Crippen molar-refractivity contribution in [2.45, 2.75) is 6.42 Å². The quantitative estimate of drug-likeness (QED) is 0.534. The third-order valence-electron chi connectivity index (χ3n) is 5.25. The number of aromatic nitrogens is 2. The minimum Gasteiger partial charge on any atom is -0.455 e. The SMILES string of the molecule is O=C(NCCC(=O)N1CCN(c2ncccn2)CC1)Nc1cc(Cl)ccc1Oc1ccccc1. The van der Waals surface area contributed by atoms with Gasteiger partial charge in [0.05, 0.1) is 5.69 Å². The molecule has 2 heterocycles. The van der Waals surface area contributed by atoms with Crippen molar-refractivity contribution in [3.63, 3.8) is 0 Å². The number of halogens is 1. The molecule has 0 bridgehead atoms. The lowest BCUT2D eigenvalue weighted by atomic mass is 10.2. The molecular weight excluding hydrogens is 456 g/mol. The van der Waals surface area contributed by atoms with Gasteiger partial charge in [0.25, 0.3) is 0 Å². The number of piperazine rings is 1. The Kier molecular flexibility index (Phi) is 7.77. The van der Waals surface area contributed by atoms with Crippen LogP contribution in [0.15, 0.2) is 67.0 Å². The van der Waals surface area contributed by atoms with Crippen molar-refractivity contribution in [3.05, 3.63) is 72.0 Å². The number of urea groups is 1. The molecule has 0 radical (unpaired) electrons. The maximum Gasteiger partial charge on any atom is 0.319 e. The Morgan fingerprint density at radius 2 is 1.71 bits per heavy atom. The lowest BCUT2D eigenvalue weighted by Crippen LogP contribution is -2.49. The van der Waals surface area contributed by atoms with Crippen LogP contribution >= 0.6 is 11.6 Å². The van der Waals surface area contributed by atoms with E-state index in [2.05, 4.69) is 25.5 Å². The summed E-state index contributed by atoms with van der Waals surface area (Å²) in [5, 5.41) is 5.93. The fourth-order valence-corrected chi connectivity index (χ4v) is 3.69. The highest BCUT2D eigenvalue weighted by Gasteiger charge is 2.22. The lowest BCUT2D eigenvalue weighted by molar-refractivity contribution is -0.131. The maximum absolute atomic E-state index is 12.6. The first-order valence-corrected chi connectivity index (χ1v) is 11.3. The van der Waals surface area contributed by atoms with Crippen molar-refractivity contribution in [2.75, 3.05) is 42.9 Å². The summed E-state index contributed by atoms with van der Waals surface area (Å²) in [5.74, 6) is 1.76. The molecule has 4 rings (SSSR count). The van der Waals surface area contributed by atoms with Crippen LogP contribution in [0.25, 0.3) is 0 Å². The maximum atomic E-state index is 12.6. The average molecular weight is 481 g/mol. The van der Waals surface area contributed by atoms with Gasteiger partial charge in [-0.15, -0.1) is 0 Å². The molecule has 0 atom stereocenters. The number of ether oxygens (including phenoxy) is 1. The Hall–Kier alpha value is -3.85. The Balaban J connectivity index is 1.23. The largest absolute Gasteiger partial charge is 0.455 e. The van der Waals surface area contributed by atoms with E-state index >= 15 is 0 Å². The lowest BCUT2D eigenvalue weighted by Gasteiger charge is -2.34. The Bertz CT molecular complexity index is 1110. The van der Waals surface area contributed by atoms with Crippen LogP contribution in [0.1, 0.15) is 6.42 Å². The van der Waals surface area contributed by atoms with Gasteiger partial charge in [0, 0.05) is 56.6 Å². The van der Waals surface area contributed by atoms with Crippen LogP contribution in [0, 0.1) is 0 Å². The van der Waals surface area contributed by atoms with Crippen LogP contribution in [0.3, 0.4) is 0 Å². The second-order valence-electron chi connectivity index (χ2n) is 7.60. The van der Waals surface area contributed by atoms with E-state index in [0.717, 1.165) is 0 Å². The number of nitrogens with zero attached hydrogens (tertiary/aromatic N) is 4. The fraction of sp³-hybridized carbons (Fsp3) is 0.250. The van der Waals surface area contributed by atoms with Gasteiger partial charge in [-0.25, -0.2) is 14.8 Å². The zero-order chi connectivity index (χ0) is 23.8. The van der Waals surface area contributed by atoms with Gasteiger partial charge in [-0.05, 0) is 36.4 Å². The minimum absolute atomic E-state index is 0.00946. The van der Waals surface area contributed by atoms with Gasteiger partial charge in [-0.1, -0.05) is 29.8 Å². The highest BCUT2D eigenvalue weighted by molar-refractivity contribution is 6.31. The monoisotopic (exact) mass is 480 g/mol. The molecule has 10 heteroatoms. The number of rotatable bonds is 7. The summed E-state index contributed by atoms with van der Waals surface area (Å²) in [7, 11) is 0. The number of para-hydroxylation sites is 1. The summed E-state index contributed by atoms with van der Waals surface area (Å²) in [6, 6.07) is 15.6. The molecule has 1 fully saturated rings. The molecule has 0 unspecified atom stereocenters. The molecule has 3 aromatic rings. The van der Waals surface area contributed by atoms with Gasteiger partial charge in [-0.2, -0.15) is 0 Å². The van der Waals surface area contributed by atoms with Crippen LogP contribution < -0.4 is 20.3 Å². The fourth-order valence-electron chi connectivity index (χ4n) is 3.52. The van der Waals surface area contributed by atoms with Crippen molar-refractivity contribution in [1.29, 1.82) is 0 Å². The van der Waals surface area contributed by atoms with E-state index in [4.69, 9.17) is 16.3 Å². The van der Waals surface area contributed by atoms with E-state index in [9.17, 15) is 9.59 Å². The molecular formula is C24H25ClN6O3. The second-order valence-corrected chi connectivity index (χ2v) is 8.04. The molecule has 9 nitrogen and oxygen atoms in total. The summed E-state index contributed by atoms with van der Waals surface area (Å²) >= 11 is 6.10. The van der Waals surface area contributed by atoms with E-state index in [1.54, 1.807) is 41.6 Å². The zero-order valence-corrected chi connectivity index (χ0v) is 19.2. The zero-order valence-electron chi connectivity index (χ0n) is 18.5. The Labute approximate surface area is 202 Å². The van der Waals surface area contributed by atoms with E-state index in [1.807, 2.05) is 30.3 Å². The first-order chi connectivity index (χ1) is 16.6. The summed E-state index contributed by atoms with van der Waals surface area (Å²) in [6.45, 7) is 2.73. The van der Waals surface area contributed by atoms with Crippen molar-refractivity contribution in [2.24, 2.45) is 0 Å². The molecule has 1 aliphatic heterocycles. The molecule has 2 aromatic carbocycles. The number of amides is 3. The minimum atomic E-state index is -0.445. The predicted octanol–water partition coefficient (Wildman–Crippen LogP) is 3.78. The third kappa shape index (κ3) is 6.35. The van der Waals surface area contributed by atoms with Crippen molar-refractivity contribution >= 4 is 35.2 Å². The normalized spacial score (nSPS) is 13.3. The number of hydrogen-bond donors (Lipinski definition) is 2. The van der Waals surface area contributed by atoms with E-state index in [-0.39, 0.29) is 18.9 Å². The van der Waals surface area contributed by atoms with Crippen molar-refractivity contribution < 1.29 is 14.3 Å². The number of carbonyl (C=O) groups is 2. The molecule has 0 saturated carbocycles. The second kappa shape index (κ2) is 11.3. The predicted molar refractivity (Wildman–Crippen MR) is 130 cm³/mol. The standard InChI is InChI=1S/C24H25ClN6O3/c25-18-7-8-21(34-19-5-2-1-3-6-19)20(17-18)29-24(33)28-12-9-22(32)30-13-15-31(16-14-30)23-26-10-4-11-27-23/h1-8,10-11,17H,9,12-16H2,(H2,28,29,33). The van der Waals surface area contributed by atoms with Crippen LogP contribution in [-0.2, 0) is 4.79 Å². The highest BCUT2D eigenvalue weighted by atomic mass is 35.5. The topological polar surface area (TPSA) is 99.7 Å². The number of hydrogen-bond acceptors (Lipinski definition) is 6. The molecule has 0 aliphatic carbocycles. The summed E-state index contributed by atoms with van der Waals surface area (Å²) in [5.41, 5.74) is 0.430. The summed E-state index contributed by atoms with van der Waals surface area (Å²) in [6.07, 6.45) is 3.62. The first kappa shape index (κ1) is 23.3. The van der Waals surface area contributed by atoms with Crippen LogP contribution in [0.2, 0.25) is 5.02 Å². The van der Waals surface area contributed by atoms with Crippen LogP contribution in [0.5, 0.6) is 11.5 Å². The van der Waals surface area contributed by atoms with Gasteiger partial charge in [0.1, 0.15) is 5.75 Å². The summed E-state index contributed by atoms with van der Waals surface area (Å²) in [4.78, 5) is 37.3. The average Bonchev–Trinajstić information content (AvgIpc) is 2.87. The third-order valence-corrected chi connectivity index (χ3v) is 5.49.